The highest BCUT2D eigenvalue weighted by Gasteiger charge is 2.28. The highest BCUT2D eigenvalue weighted by molar-refractivity contribution is 5.79. The van der Waals surface area contributed by atoms with Gasteiger partial charge in [-0.25, -0.2) is 4.79 Å². The largest absolute Gasteiger partial charge is 0.444 e. The summed E-state index contributed by atoms with van der Waals surface area (Å²) in [6, 6.07) is 0. The third kappa shape index (κ3) is 15.8. The summed E-state index contributed by atoms with van der Waals surface area (Å²) in [7, 11) is 3.06. The van der Waals surface area contributed by atoms with Gasteiger partial charge in [-0.15, -0.1) is 0 Å². The first-order valence-electron chi connectivity index (χ1n) is 8.59. The number of carbonyl (C=O) groups excluding carboxylic acids is 1. The summed E-state index contributed by atoms with van der Waals surface area (Å²) in [5.41, 5.74) is -0.525. The van der Waals surface area contributed by atoms with Crippen LogP contribution in [0.2, 0.25) is 0 Å². The van der Waals surface area contributed by atoms with Crippen LogP contribution in [0.5, 0.6) is 0 Å². The number of halogens is 3. The highest BCUT2D eigenvalue weighted by atomic mass is 19.4. The van der Waals surface area contributed by atoms with E-state index in [1.807, 2.05) is 0 Å². The standard InChI is InChI=1S/C16H32F3N5O2/c1-15(2,3)26-14(25)23-9-6-8-21-13(20-4)22-10-7-11-24(5)12-16(17,18)19/h6-12H2,1-5H3,(H,23,25)(H2,20,21,22). The van der Waals surface area contributed by atoms with Crippen molar-refractivity contribution >= 4 is 12.1 Å². The van der Waals surface area contributed by atoms with Crippen LogP contribution in [0.15, 0.2) is 4.99 Å². The van der Waals surface area contributed by atoms with Crippen molar-refractivity contribution in [2.24, 2.45) is 4.99 Å². The predicted octanol–water partition coefficient (Wildman–Crippen LogP) is 1.95. The lowest BCUT2D eigenvalue weighted by Crippen LogP contribution is -2.40. The minimum absolute atomic E-state index is 0.337. The molecule has 0 fully saturated rings. The SMILES string of the molecule is CN=C(NCCCNC(=O)OC(C)(C)C)NCCCN(C)CC(F)(F)F. The van der Waals surface area contributed by atoms with Gasteiger partial charge in [0.25, 0.3) is 0 Å². The topological polar surface area (TPSA) is 78.0 Å². The zero-order valence-corrected chi connectivity index (χ0v) is 16.3. The smallest absolute Gasteiger partial charge is 0.407 e. The molecular weight excluding hydrogens is 351 g/mol. The maximum Gasteiger partial charge on any atom is 0.407 e. The van der Waals surface area contributed by atoms with Gasteiger partial charge in [0, 0.05) is 26.7 Å². The molecule has 1 amide bonds. The summed E-state index contributed by atoms with van der Waals surface area (Å²) in [6.07, 6.45) is -3.39. The molecule has 7 nitrogen and oxygen atoms in total. The molecule has 0 aromatic heterocycles. The van der Waals surface area contributed by atoms with Gasteiger partial charge in [0.15, 0.2) is 5.96 Å². The van der Waals surface area contributed by atoms with Crippen LogP contribution in [0.25, 0.3) is 0 Å². The van der Waals surface area contributed by atoms with Gasteiger partial charge in [-0.05, 0) is 47.2 Å². The number of rotatable bonds is 9. The Kier molecular flexibility index (Phi) is 11.0. The zero-order chi connectivity index (χ0) is 20.2. The van der Waals surface area contributed by atoms with E-state index >= 15 is 0 Å². The van der Waals surface area contributed by atoms with Crippen molar-refractivity contribution in [1.29, 1.82) is 0 Å². The van der Waals surface area contributed by atoms with E-state index in [9.17, 15) is 18.0 Å². The summed E-state index contributed by atoms with van der Waals surface area (Å²) in [4.78, 5) is 16.7. The second-order valence-corrected chi connectivity index (χ2v) is 6.91. The Bertz CT molecular complexity index is 437. The van der Waals surface area contributed by atoms with E-state index < -0.39 is 24.4 Å². The minimum Gasteiger partial charge on any atom is -0.444 e. The average molecular weight is 383 g/mol. The molecule has 0 saturated carbocycles. The molecule has 0 rings (SSSR count). The summed E-state index contributed by atoms with van der Waals surface area (Å²) in [6.45, 7) is 6.37. The summed E-state index contributed by atoms with van der Waals surface area (Å²) in [5.74, 6) is 0.570. The van der Waals surface area contributed by atoms with Gasteiger partial charge in [0.1, 0.15) is 5.60 Å². The number of carbonyl (C=O) groups is 1. The van der Waals surface area contributed by atoms with Gasteiger partial charge < -0.3 is 20.7 Å². The zero-order valence-electron chi connectivity index (χ0n) is 16.3. The number of hydrogen-bond acceptors (Lipinski definition) is 4. The van der Waals surface area contributed by atoms with Crippen molar-refractivity contribution < 1.29 is 22.7 Å². The molecule has 10 heteroatoms. The molecule has 0 heterocycles. The number of alkyl carbamates (subject to hydrolysis) is 1. The van der Waals surface area contributed by atoms with Crippen LogP contribution in [0, 0.1) is 0 Å². The molecule has 154 valence electrons. The molecule has 0 aliphatic rings. The first-order valence-corrected chi connectivity index (χ1v) is 8.59. The molecule has 0 radical (unpaired) electrons. The van der Waals surface area contributed by atoms with Crippen molar-refractivity contribution in [3.05, 3.63) is 0 Å². The van der Waals surface area contributed by atoms with Crippen LogP contribution in [-0.4, -0.2) is 75.5 Å². The monoisotopic (exact) mass is 383 g/mol. The van der Waals surface area contributed by atoms with E-state index in [2.05, 4.69) is 20.9 Å². The Morgan fingerprint density at radius 3 is 2.08 bits per heavy atom. The van der Waals surface area contributed by atoms with Gasteiger partial charge in [-0.2, -0.15) is 13.2 Å². The number of nitrogens with zero attached hydrogens (tertiary/aromatic N) is 2. The molecule has 0 spiro atoms. The van der Waals surface area contributed by atoms with Crippen molar-refractivity contribution in [2.75, 3.05) is 46.8 Å². The molecule has 0 saturated heterocycles. The summed E-state index contributed by atoms with van der Waals surface area (Å²) < 4.78 is 41.8. The highest BCUT2D eigenvalue weighted by Crippen LogP contribution is 2.15. The van der Waals surface area contributed by atoms with E-state index in [-0.39, 0.29) is 0 Å². The van der Waals surface area contributed by atoms with Crippen molar-refractivity contribution in [3.63, 3.8) is 0 Å². The Balaban J connectivity index is 3.77. The Morgan fingerprint density at radius 1 is 1.04 bits per heavy atom. The van der Waals surface area contributed by atoms with E-state index in [4.69, 9.17) is 4.74 Å². The molecule has 0 bridgehead atoms. The lowest BCUT2D eigenvalue weighted by Gasteiger charge is -2.20. The number of hydrogen-bond donors (Lipinski definition) is 3. The van der Waals surface area contributed by atoms with E-state index in [0.717, 1.165) is 0 Å². The van der Waals surface area contributed by atoms with Gasteiger partial charge in [-0.3, -0.25) is 9.89 Å². The van der Waals surface area contributed by atoms with Gasteiger partial charge >= 0.3 is 12.3 Å². The van der Waals surface area contributed by atoms with Crippen molar-refractivity contribution in [3.8, 4) is 0 Å². The molecule has 3 N–H and O–H groups in total. The Hall–Kier alpha value is -1.71. The number of aliphatic imine (C=N–C) groups is 1. The van der Waals surface area contributed by atoms with E-state index in [1.165, 1.54) is 11.9 Å². The average Bonchev–Trinajstić information content (AvgIpc) is 2.45. The minimum atomic E-state index is -4.17. The molecule has 0 aromatic carbocycles. The first kappa shape index (κ1) is 24.3. The normalized spacial score (nSPS) is 12.9. The van der Waals surface area contributed by atoms with Crippen LogP contribution in [0.1, 0.15) is 33.6 Å². The summed E-state index contributed by atoms with van der Waals surface area (Å²) in [5, 5.41) is 8.76. The molecule has 0 aromatic rings. The summed E-state index contributed by atoms with van der Waals surface area (Å²) >= 11 is 0. The third-order valence-corrected chi connectivity index (χ3v) is 3.00. The van der Waals surface area contributed by atoms with Crippen LogP contribution < -0.4 is 16.0 Å². The van der Waals surface area contributed by atoms with Crippen LogP contribution in [-0.2, 0) is 4.74 Å². The Morgan fingerprint density at radius 2 is 1.58 bits per heavy atom. The third-order valence-electron chi connectivity index (χ3n) is 3.00. The van der Waals surface area contributed by atoms with E-state index in [1.54, 1.807) is 27.8 Å². The van der Waals surface area contributed by atoms with E-state index in [0.29, 0.717) is 45.0 Å². The molecular formula is C16H32F3N5O2. The van der Waals surface area contributed by atoms with Crippen LogP contribution in [0.4, 0.5) is 18.0 Å². The van der Waals surface area contributed by atoms with Gasteiger partial charge in [-0.1, -0.05) is 0 Å². The molecule has 0 unspecified atom stereocenters. The lowest BCUT2D eigenvalue weighted by molar-refractivity contribution is -0.143. The number of amides is 1. The fraction of sp³-hybridized carbons (Fsp3) is 0.875. The fourth-order valence-corrected chi connectivity index (χ4v) is 1.96. The maximum absolute atomic E-state index is 12.2. The number of alkyl halides is 3. The number of ether oxygens (including phenoxy) is 1. The molecule has 26 heavy (non-hydrogen) atoms. The molecule has 0 aliphatic heterocycles. The van der Waals surface area contributed by atoms with Crippen molar-refractivity contribution in [1.82, 2.24) is 20.9 Å². The van der Waals surface area contributed by atoms with Gasteiger partial charge in [0.2, 0.25) is 0 Å². The molecule has 0 aliphatic carbocycles. The number of nitrogens with one attached hydrogen (secondary N) is 3. The predicted molar refractivity (Wildman–Crippen MR) is 96.4 cm³/mol. The fourth-order valence-electron chi connectivity index (χ4n) is 1.96. The van der Waals surface area contributed by atoms with Gasteiger partial charge in [0.05, 0.1) is 6.54 Å². The van der Waals surface area contributed by atoms with Crippen LogP contribution in [0.3, 0.4) is 0 Å². The Labute approximate surface area is 153 Å². The van der Waals surface area contributed by atoms with Crippen molar-refractivity contribution in [2.45, 2.75) is 45.4 Å². The lowest BCUT2D eigenvalue weighted by atomic mass is 10.2. The second kappa shape index (κ2) is 11.8. The van der Waals surface area contributed by atoms with Crippen LogP contribution >= 0.6 is 0 Å². The maximum atomic E-state index is 12.2. The number of guanidine groups is 1. The molecule has 0 atom stereocenters. The second-order valence-electron chi connectivity index (χ2n) is 6.91. The quantitative estimate of drug-likeness (QED) is 0.322. The first-order chi connectivity index (χ1) is 11.9.